The van der Waals surface area contributed by atoms with Crippen molar-refractivity contribution >= 4 is 6.29 Å². The average Bonchev–Trinajstić information content (AvgIpc) is 2.85. The molecule has 0 bridgehead atoms. The molecule has 1 nitrogen and oxygen atoms in total. The smallest absolute Gasteiger partial charge is 0.150 e. The minimum atomic E-state index is 0.418. The highest BCUT2D eigenvalue weighted by Crippen LogP contribution is 2.47. The monoisotopic (exact) mass is 160 g/mol. The average molecular weight is 160 g/mol. The van der Waals surface area contributed by atoms with E-state index in [1.807, 2.05) is 12.1 Å². The third kappa shape index (κ3) is 1.15. The summed E-state index contributed by atoms with van der Waals surface area (Å²) >= 11 is 0. The minimum Gasteiger partial charge on any atom is -0.298 e. The van der Waals surface area contributed by atoms with Crippen LogP contribution in [0.1, 0.15) is 35.7 Å². The molecule has 0 amide bonds. The van der Waals surface area contributed by atoms with E-state index in [1.54, 1.807) is 0 Å². The van der Waals surface area contributed by atoms with Crippen LogP contribution in [0, 0.1) is 0 Å². The second-order valence-corrected chi connectivity index (χ2v) is 3.80. The molecule has 0 aromatic heterocycles. The third-order valence-corrected chi connectivity index (χ3v) is 2.74. The zero-order chi connectivity index (χ0) is 8.60. The molecule has 1 aromatic carbocycles. The molecule has 1 aliphatic rings. The minimum absolute atomic E-state index is 0.418. The SMILES string of the molecule is CC1(c2ccc(C=O)cc2)CC1. The Morgan fingerprint density at radius 2 is 1.83 bits per heavy atom. The van der Waals surface area contributed by atoms with Crippen LogP contribution in [0.15, 0.2) is 24.3 Å². The molecular weight excluding hydrogens is 148 g/mol. The van der Waals surface area contributed by atoms with E-state index in [0.29, 0.717) is 5.41 Å². The number of hydrogen-bond acceptors (Lipinski definition) is 1. The van der Waals surface area contributed by atoms with Crippen molar-refractivity contribution in [2.45, 2.75) is 25.2 Å². The van der Waals surface area contributed by atoms with Crippen LogP contribution in [-0.4, -0.2) is 6.29 Å². The topological polar surface area (TPSA) is 17.1 Å². The van der Waals surface area contributed by atoms with Crippen molar-refractivity contribution in [1.29, 1.82) is 0 Å². The zero-order valence-electron chi connectivity index (χ0n) is 7.21. The van der Waals surface area contributed by atoms with E-state index in [4.69, 9.17) is 0 Å². The van der Waals surface area contributed by atoms with E-state index in [1.165, 1.54) is 18.4 Å². The van der Waals surface area contributed by atoms with Crippen LogP contribution in [0.5, 0.6) is 0 Å². The first-order valence-corrected chi connectivity index (χ1v) is 4.30. The fraction of sp³-hybridized carbons (Fsp3) is 0.364. The molecule has 0 N–H and O–H groups in total. The van der Waals surface area contributed by atoms with Gasteiger partial charge in [0.1, 0.15) is 6.29 Å². The summed E-state index contributed by atoms with van der Waals surface area (Å²) in [6.07, 6.45) is 3.46. The number of aldehydes is 1. The van der Waals surface area contributed by atoms with Gasteiger partial charge in [0.2, 0.25) is 0 Å². The Labute approximate surface area is 72.4 Å². The first-order chi connectivity index (χ1) is 5.74. The highest BCUT2D eigenvalue weighted by Gasteiger charge is 2.38. The molecule has 2 rings (SSSR count). The van der Waals surface area contributed by atoms with E-state index in [-0.39, 0.29) is 0 Å². The van der Waals surface area contributed by atoms with Gasteiger partial charge in [0.15, 0.2) is 0 Å². The number of hydrogen-bond donors (Lipinski definition) is 0. The lowest BCUT2D eigenvalue weighted by Crippen LogP contribution is -1.98. The van der Waals surface area contributed by atoms with Crippen molar-refractivity contribution < 1.29 is 4.79 Å². The van der Waals surface area contributed by atoms with Gasteiger partial charge in [-0.3, -0.25) is 4.79 Å². The predicted octanol–water partition coefficient (Wildman–Crippen LogP) is 2.55. The van der Waals surface area contributed by atoms with Crippen molar-refractivity contribution in [3.8, 4) is 0 Å². The Morgan fingerprint density at radius 3 is 2.25 bits per heavy atom. The van der Waals surface area contributed by atoms with Crippen LogP contribution in [0.2, 0.25) is 0 Å². The lowest BCUT2D eigenvalue weighted by Gasteiger charge is -2.07. The molecule has 0 unspecified atom stereocenters. The summed E-state index contributed by atoms with van der Waals surface area (Å²) in [6.45, 7) is 2.27. The first-order valence-electron chi connectivity index (χ1n) is 4.30. The summed E-state index contributed by atoms with van der Waals surface area (Å²) < 4.78 is 0. The van der Waals surface area contributed by atoms with Gasteiger partial charge in [-0.05, 0) is 23.8 Å². The summed E-state index contributed by atoms with van der Waals surface area (Å²) in [4.78, 5) is 10.4. The second-order valence-electron chi connectivity index (χ2n) is 3.80. The number of carbonyl (C=O) groups is 1. The molecule has 0 heterocycles. The molecule has 1 aliphatic carbocycles. The molecular formula is C11H12O. The fourth-order valence-electron chi connectivity index (χ4n) is 1.44. The molecule has 1 saturated carbocycles. The van der Waals surface area contributed by atoms with Crippen LogP contribution < -0.4 is 0 Å². The lowest BCUT2D eigenvalue weighted by molar-refractivity contribution is 0.112. The van der Waals surface area contributed by atoms with Crippen molar-refractivity contribution in [3.05, 3.63) is 35.4 Å². The first kappa shape index (κ1) is 7.53. The van der Waals surface area contributed by atoms with E-state index >= 15 is 0 Å². The summed E-state index contributed by atoms with van der Waals surface area (Å²) in [7, 11) is 0. The molecule has 0 atom stereocenters. The maximum absolute atomic E-state index is 10.4. The maximum atomic E-state index is 10.4. The molecule has 0 spiro atoms. The van der Waals surface area contributed by atoms with Crippen LogP contribution in [0.25, 0.3) is 0 Å². The van der Waals surface area contributed by atoms with E-state index in [9.17, 15) is 4.79 Å². The zero-order valence-corrected chi connectivity index (χ0v) is 7.21. The van der Waals surface area contributed by atoms with Crippen LogP contribution in [-0.2, 0) is 5.41 Å². The number of carbonyl (C=O) groups excluding carboxylic acids is 1. The van der Waals surface area contributed by atoms with Gasteiger partial charge in [0.05, 0.1) is 0 Å². The van der Waals surface area contributed by atoms with Gasteiger partial charge in [-0.2, -0.15) is 0 Å². The summed E-state index contributed by atoms with van der Waals surface area (Å²) in [5, 5.41) is 0. The second kappa shape index (κ2) is 2.44. The van der Waals surface area contributed by atoms with Gasteiger partial charge >= 0.3 is 0 Å². The molecule has 1 heteroatoms. The van der Waals surface area contributed by atoms with Gasteiger partial charge in [-0.1, -0.05) is 31.2 Å². The summed E-state index contributed by atoms with van der Waals surface area (Å²) in [5.74, 6) is 0. The molecule has 0 radical (unpaired) electrons. The molecule has 0 aliphatic heterocycles. The molecule has 1 fully saturated rings. The molecule has 62 valence electrons. The van der Waals surface area contributed by atoms with Crippen molar-refractivity contribution in [2.75, 3.05) is 0 Å². The van der Waals surface area contributed by atoms with Gasteiger partial charge in [-0.25, -0.2) is 0 Å². The van der Waals surface area contributed by atoms with Crippen molar-refractivity contribution in [2.24, 2.45) is 0 Å². The Morgan fingerprint density at radius 1 is 1.25 bits per heavy atom. The molecule has 12 heavy (non-hydrogen) atoms. The maximum Gasteiger partial charge on any atom is 0.150 e. The summed E-state index contributed by atoms with van der Waals surface area (Å²) in [5.41, 5.74) is 2.55. The Bertz CT molecular complexity index is 293. The van der Waals surface area contributed by atoms with E-state index in [2.05, 4.69) is 19.1 Å². The highest BCUT2D eigenvalue weighted by atomic mass is 16.1. The van der Waals surface area contributed by atoms with Gasteiger partial charge in [-0.15, -0.1) is 0 Å². The lowest BCUT2D eigenvalue weighted by atomic mass is 9.98. The normalized spacial score (nSPS) is 18.8. The highest BCUT2D eigenvalue weighted by molar-refractivity contribution is 5.74. The van der Waals surface area contributed by atoms with Gasteiger partial charge in [0, 0.05) is 5.56 Å². The van der Waals surface area contributed by atoms with E-state index < -0.39 is 0 Å². The standard InChI is InChI=1S/C11H12O/c1-11(6-7-11)10-4-2-9(8-12)3-5-10/h2-5,8H,6-7H2,1H3. The van der Waals surface area contributed by atoms with Crippen LogP contribution in [0.3, 0.4) is 0 Å². The Hall–Kier alpha value is -1.11. The van der Waals surface area contributed by atoms with Gasteiger partial charge in [0.25, 0.3) is 0 Å². The Balaban J connectivity index is 2.30. The largest absolute Gasteiger partial charge is 0.298 e. The van der Waals surface area contributed by atoms with Gasteiger partial charge < -0.3 is 0 Å². The predicted molar refractivity (Wildman–Crippen MR) is 48.4 cm³/mol. The molecule has 1 aromatic rings. The quantitative estimate of drug-likeness (QED) is 0.607. The molecule has 0 saturated heterocycles. The summed E-state index contributed by atoms with van der Waals surface area (Å²) in [6, 6.07) is 7.92. The fourth-order valence-corrected chi connectivity index (χ4v) is 1.44. The number of benzene rings is 1. The number of rotatable bonds is 2. The van der Waals surface area contributed by atoms with Crippen molar-refractivity contribution in [1.82, 2.24) is 0 Å². The van der Waals surface area contributed by atoms with Crippen molar-refractivity contribution in [3.63, 3.8) is 0 Å². The Kier molecular flexibility index (Phi) is 1.53. The third-order valence-electron chi connectivity index (χ3n) is 2.74. The van der Waals surface area contributed by atoms with Crippen LogP contribution >= 0.6 is 0 Å². The van der Waals surface area contributed by atoms with E-state index in [0.717, 1.165) is 11.8 Å². The van der Waals surface area contributed by atoms with Crippen LogP contribution in [0.4, 0.5) is 0 Å².